The van der Waals surface area contributed by atoms with Gasteiger partial charge in [0, 0.05) is 27.7 Å². The second-order valence-electron chi connectivity index (χ2n) is 4.08. The molecule has 0 fully saturated rings. The van der Waals surface area contributed by atoms with Crippen LogP contribution in [0.15, 0.2) is 53.3 Å². The molecule has 2 aromatic rings. The quantitative estimate of drug-likeness (QED) is 0.344. The van der Waals surface area contributed by atoms with Gasteiger partial charge in [0.1, 0.15) is 7.05 Å². The molecule has 2 nitrogen and oxygen atoms in total. The highest BCUT2D eigenvalue weighted by atomic mass is 79.9. The highest BCUT2D eigenvalue weighted by Gasteiger charge is 2.20. The molecule has 0 spiro atoms. The van der Waals surface area contributed by atoms with Crippen LogP contribution in [0.3, 0.4) is 0 Å². The maximum absolute atomic E-state index is 12.0. The van der Waals surface area contributed by atoms with E-state index in [1.54, 1.807) is 0 Å². The lowest BCUT2D eigenvalue weighted by molar-refractivity contribution is -0.671. The first-order valence-electron chi connectivity index (χ1n) is 5.79. The largest absolute Gasteiger partial charge is 0.673 e. The van der Waals surface area contributed by atoms with Crippen molar-refractivity contribution in [3.05, 3.63) is 64.4 Å². The lowest BCUT2D eigenvalue weighted by atomic mass is 10.1. The minimum atomic E-state index is -6.00. The van der Waals surface area contributed by atoms with Crippen LogP contribution in [0.5, 0.6) is 0 Å². The molecule has 0 saturated carbocycles. The number of benzene rings is 1. The van der Waals surface area contributed by atoms with Crippen LogP contribution in [0.1, 0.15) is 15.9 Å². The first-order chi connectivity index (χ1) is 9.66. The number of carbonyl (C=O) groups is 1. The van der Waals surface area contributed by atoms with Crippen LogP contribution in [-0.4, -0.2) is 13.0 Å². The van der Waals surface area contributed by atoms with Crippen molar-refractivity contribution in [3.63, 3.8) is 0 Å². The third-order valence-corrected chi connectivity index (χ3v) is 2.88. The fraction of sp³-hybridized carbons (Fsp3) is 0.0769. The monoisotopic (exact) mass is 363 g/mol. The molecule has 0 radical (unpaired) electrons. The van der Waals surface area contributed by atoms with Gasteiger partial charge >= 0.3 is 7.25 Å². The van der Waals surface area contributed by atoms with Crippen LogP contribution in [-0.2, 0) is 7.05 Å². The predicted molar refractivity (Wildman–Crippen MR) is 75.4 cm³/mol. The van der Waals surface area contributed by atoms with Crippen LogP contribution in [0.25, 0.3) is 0 Å². The SMILES string of the molecule is C[n+]1ccc(C(=O)c2ccc(Br)cc2)cc1.F[B-](F)(F)F. The molecule has 0 bridgehead atoms. The maximum atomic E-state index is 12.0. The molecule has 0 aliphatic heterocycles. The third kappa shape index (κ3) is 7.03. The second-order valence-corrected chi connectivity index (χ2v) is 5.00. The molecule has 1 aromatic heterocycles. The maximum Gasteiger partial charge on any atom is 0.673 e. The van der Waals surface area contributed by atoms with Crippen LogP contribution >= 0.6 is 15.9 Å². The third-order valence-electron chi connectivity index (χ3n) is 2.35. The highest BCUT2D eigenvalue weighted by Crippen LogP contribution is 2.13. The van der Waals surface area contributed by atoms with Crippen molar-refractivity contribution in [3.8, 4) is 0 Å². The number of halogens is 5. The van der Waals surface area contributed by atoms with Gasteiger partial charge in [-0.05, 0) is 24.3 Å². The highest BCUT2D eigenvalue weighted by molar-refractivity contribution is 9.10. The average molecular weight is 364 g/mol. The number of rotatable bonds is 2. The van der Waals surface area contributed by atoms with Gasteiger partial charge < -0.3 is 17.3 Å². The molecule has 21 heavy (non-hydrogen) atoms. The first-order valence-corrected chi connectivity index (χ1v) is 6.59. The van der Waals surface area contributed by atoms with Crippen LogP contribution < -0.4 is 4.57 Å². The van der Waals surface area contributed by atoms with Gasteiger partial charge in [-0.15, -0.1) is 0 Å². The molecule has 1 heterocycles. The number of hydrogen-bond donors (Lipinski definition) is 0. The van der Waals surface area contributed by atoms with Gasteiger partial charge in [0.15, 0.2) is 18.2 Å². The van der Waals surface area contributed by atoms with E-state index in [9.17, 15) is 22.1 Å². The predicted octanol–water partition coefficient (Wildman–Crippen LogP) is 3.80. The Morgan fingerprint density at radius 1 is 0.952 bits per heavy atom. The molecule has 0 unspecified atom stereocenters. The van der Waals surface area contributed by atoms with Crippen molar-refractivity contribution < 1.29 is 26.6 Å². The Kier molecular flexibility index (Phi) is 6.08. The van der Waals surface area contributed by atoms with E-state index in [0.717, 1.165) is 4.47 Å². The van der Waals surface area contributed by atoms with E-state index in [1.807, 2.05) is 60.4 Å². The molecular weight excluding hydrogens is 353 g/mol. The molecule has 112 valence electrons. The van der Waals surface area contributed by atoms with E-state index >= 15 is 0 Å². The molecular formula is C13H11BBrF4NO. The minimum Gasteiger partial charge on any atom is -0.418 e. The van der Waals surface area contributed by atoms with Crippen molar-refractivity contribution in [1.29, 1.82) is 0 Å². The summed E-state index contributed by atoms with van der Waals surface area (Å²) in [6, 6.07) is 11.0. The molecule has 0 N–H and O–H groups in total. The summed E-state index contributed by atoms with van der Waals surface area (Å²) in [5.74, 6) is 0.0492. The van der Waals surface area contributed by atoms with Crippen molar-refractivity contribution in [2.24, 2.45) is 7.05 Å². The van der Waals surface area contributed by atoms with Crippen LogP contribution in [0, 0.1) is 0 Å². The van der Waals surface area contributed by atoms with Crippen molar-refractivity contribution >= 4 is 29.0 Å². The van der Waals surface area contributed by atoms with Crippen molar-refractivity contribution in [2.75, 3.05) is 0 Å². The number of ketones is 1. The molecule has 1 aromatic carbocycles. The topological polar surface area (TPSA) is 20.9 Å². The molecule has 0 aliphatic rings. The number of hydrogen-bond acceptors (Lipinski definition) is 1. The molecule has 0 saturated heterocycles. The summed E-state index contributed by atoms with van der Waals surface area (Å²) in [7, 11) is -4.08. The number of carbonyl (C=O) groups excluding carboxylic acids is 1. The summed E-state index contributed by atoms with van der Waals surface area (Å²) in [4.78, 5) is 12.0. The normalized spacial score (nSPS) is 10.6. The van der Waals surface area contributed by atoms with E-state index in [4.69, 9.17) is 0 Å². The number of aromatic nitrogens is 1. The number of aryl methyl sites for hydroxylation is 1. The summed E-state index contributed by atoms with van der Waals surface area (Å²) in [5.41, 5.74) is 1.41. The van der Waals surface area contributed by atoms with Gasteiger partial charge in [0.2, 0.25) is 0 Å². The van der Waals surface area contributed by atoms with E-state index < -0.39 is 7.25 Å². The van der Waals surface area contributed by atoms with Gasteiger partial charge in [0.25, 0.3) is 0 Å². The van der Waals surface area contributed by atoms with E-state index in [-0.39, 0.29) is 5.78 Å². The lowest BCUT2D eigenvalue weighted by Gasteiger charge is -2.00. The summed E-state index contributed by atoms with van der Waals surface area (Å²) in [6.45, 7) is 0. The standard InChI is InChI=1S/C13H11BrNO.BF4/c1-15-8-6-11(7-9-15)13(16)10-2-4-12(14)5-3-10;2-1(3,4)5/h2-9H,1H3;/q+1;-1. The zero-order valence-electron chi connectivity index (χ0n) is 10.9. The zero-order valence-corrected chi connectivity index (χ0v) is 12.5. The van der Waals surface area contributed by atoms with E-state index in [1.165, 1.54) is 0 Å². The Bertz CT molecular complexity index is 546. The number of nitrogens with zero attached hydrogens (tertiary/aromatic N) is 1. The Morgan fingerprint density at radius 2 is 1.33 bits per heavy atom. The van der Waals surface area contributed by atoms with Gasteiger partial charge in [-0.2, -0.15) is 0 Å². The number of pyridine rings is 1. The smallest absolute Gasteiger partial charge is 0.418 e. The molecule has 0 aliphatic carbocycles. The second kappa shape index (κ2) is 7.35. The van der Waals surface area contributed by atoms with Gasteiger partial charge in [-0.25, -0.2) is 4.57 Å². The van der Waals surface area contributed by atoms with Gasteiger partial charge in [0.05, 0.1) is 0 Å². The zero-order chi connectivity index (χ0) is 16.0. The summed E-state index contributed by atoms with van der Waals surface area (Å²) in [6.07, 6.45) is 3.73. The fourth-order valence-electron chi connectivity index (χ4n) is 1.42. The van der Waals surface area contributed by atoms with Crippen LogP contribution in [0.2, 0.25) is 0 Å². The average Bonchev–Trinajstić information content (AvgIpc) is 2.38. The Hall–Kier alpha value is -1.70. The summed E-state index contributed by atoms with van der Waals surface area (Å²) < 4.78 is 41.9. The van der Waals surface area contributed by atoms with E-state index in [0.29, 0.717) is 11.1 Å². The molecule has 2 rings (SSSR count). The van der Waals surface area contributed by atoms with Crippen molar-refractivity contribution in [2.45, 2.75) is 0 Å². The molecule has 0 atom stereocenters. The Morgan fingerprint density at radius 3 is 1.76 bits per heavy atom. The first kappa shape index (κ1) is 17.4. The fourth-order valence-corrected chi connectivity index (χ4v) is 1.68. The van der Waals surface area contributed by atoms with Crippen LogP contribution in [0.4, 0.5) is 17.3 Å². The Labute approximate surface area is 127 Å². The summed E-state index contributed by atoms with van der Waals surface area (Å²) in [5, 5.41) is 0. The molecule has 8 heteroatoms. The minimum absolute atomic E-state index is 0.0492. The molecule has 0 amide bonds. The summed E-state index contributed by atoms with van der Waals surface area (Å²) >= 11 is 3.35. The van der Waals surface area contributed by atoms with Gasteiger partial charge in [-0.3, -0.25) is 4.79 Å². The van der Waals surface area contributed by atoms with Crippen molar-refractivity contribution in [1.82, 2.24) is 0 Å². The van der Waals surface area contributed by atoms with E-state index in [2.05, 4.69) is 15.9 Å². The Balaban J connectivity index is 0.000000383. The lowest BCUT2D eigenvalue weighted by Crippen LogP contribution is -2.26. The van der Waals surface area contributed by atoms with Gasteiger partial charge in [-0.1, -0.05) is 15.9 Å².